The number of aromatic nitrogens is 1. The lowest BCUT2D eigenvalue weighted by Crippen LogP contribution is -2.15. The highest BCUT2D eigenvalue weighted by Crippen LogP contribution is 2.19. The third-order valence-electron chi connectivity index (χ3n) is 2.77. The van der Waals surface area contributed by atoms with Crippen LogP contribution in [-0.4, -0.2) is 22.6 Å². The lowest BCUT2D eigenvalue weighted by molar-refractivity contribution is 0.102. The zero-order valence-corrected chi connectivity index (χ0v) is 11.4. The average Bonchev–Trinajstić information content (AvgIpc) is 2.49. The Morgan fingerprint density at radius 1 is 1.38 bits per heavy atom. The van der Waals surface area contributed by atoms with Crippen LogP contribution < -0.4 is 5.32 Å². The summed E-state index contributed by atoms with van der Waals surface area (Å²) in [5.74, 6) is 4.17. The molecule has 0 aliphatic rings. The van der Waals surface area contributed by atoms with Gasteiger partial charge < -0.3 is 10.4 Å². The van der Waals surface area contributed by atoms with Crippen molar-refractivity contribution >= 4 is 11.6 Å². The zero-order valence-electron chi connectivity index (χ0n) is 11.4. The molecule has 0 aliphatic carbocycles. The molecule has 1 amide bonds. The molecular formula is C16H13FN2O2. The number of halogens is 1. The van der Waals surface area contributed by atoms with E-state index in [0.717, 1.165) is 0 Å². The Hall–Kier alpha value is -2.71. The van der Waals surface area contributed by atoms with Crippen LogP contribution in [0.4, 0.5) is 10.1 Å². The highest BCUT2D eigenvalue weighted by atomic mass is 19.1. The number of aryl methyl sites for hydroxylation is 1. The number of carbonyl (C=O) groups excluding carboxylic acids is 1. The number of para-hydroxylation sites is 1. The fourth-order valence-electron chi connectivity index (χ4n) is 1.71. The monoisotopic (exact) mass is 284 g/mol. The second-order valence-corrected chi connectivity index (χ2v) is 4.28. The van der Waals surface area contributed by atoms with E-state index in [0.29, 0.717) is 11.1 Å². The lowest BCUT2D eigenvalue weighted by Gasteiger charge is -2.08. The van der Waals surface area contributed by atoms with E-state index in [-0.39, 0.29) is 18.0 Å². The zero-order chi connectivity index (χ0) is 15.2. The third kappa shape index (κ3) is 3.65. The van der Waals surface area contributed by atoms with E-state index < -0.39 is 11.7 Å². The summed E-state index contributed by atoms with van der Waals surface area (Å²) >= 11 is 0. The first kappa shape index (κ1) is 14.7. The van der Waals surface area contributed by atoms with Crippen molar-refractivity contribution in [2.24, 2.45) is 0 Å². The van der Waals surface area contributed by atoms with Crippen LogP contribution in [0.1, 0.15) is 21.6 Å². The number of anilines is 1. The fraction of sp³-hybridized carbons (Fsp3) is 0.125. The first-order chi connectivity index (χ1) is 10.1. The number of hydrogen-bond donors (Lipinski definition) is 2. The van der Waals surface area contributed by atoms with Crippen molar-refractivity contribution in [3.63, 3.8) is 0 Å². The van der Waals surface area contributed by atoms with Crippen LogP contribution in [-0.2, 0) is 0 Å². The van der Waals surface area contributed by atoms with Gasteiger partial charge in [-0.3, -0.25) is 4.79 Å². The SMILES string of the molecule is Cc1cccc(F)c1NC(=O)c1ccc(C#CCO)cn1. The Labute approximate surface area is 121 Å². The van der Waals surface area contributed by atoms with Gasteiger partial charge in [-0.2, -0.15) is 0 Å². The summed E-state index contributed by atoms with van der Waals surface area (Å²) in [6.07, 6.45) is 1.42. The van der Waals surface area contributed by atoms with E-state index in [2.05, 4.69) is 22.1 Å². The van der Waals surface area contributed by atoms with Crippen molar-refractivity contribution in [3.8, 4) is 11.8 Å². The Kier molecular flexibility index (Phi) is 4.64. The van der Waals surface area contributed by atoms with Gasteiger partial charge in [0.1, 0.15) is 18.1 Å². The summed E-state index contributed by atoms with van der Waals surface area (Å²) in [6.45, 7) is 1.47. The predicted molar refractivity (Wildman–Crippen MR) is 77.3 cm³/mol. The number of benzene rings is 1. The van der Waals surface area contributed by atoms with Crippen LogP contribution in [0.5, 0.6) is 0 Å². The van der Waals surface area contributed by atoms with E-state index in [1.54, 1.807) is 25.1 Å². The maximum atomic E-state index is 13.7. The number of aliphatic hydroxyl groups is 1. The van der Waals surface area contributed by atoms with Crippen molar-refractivity contribution in [2.75, 3.05) is 11.9 Å². The molecule has 0 aliphatic heterocycles. The molecule has 0 radical (unpaired) electrons. The molecule has 1 aromatic heterocycles. The van der Waals surface area contributed by atoms with Crippen LogP contribution in [0.2, 0.25) is 0 Å². The minimum atomic E-state index is -0.495. The molecule has 2 aromatic rings. The van der Waals surface area contributed by atoms with Crippen molar-refractivity contribution in [3.05, 3.63) is 59.2 Å². The van der Waals surface area contributed by atoms with E-state index in [4.69, 9.17) is 5.11 Å². The number of amides is 1. The van der Waals surface area contributed by atoms with Crippen LogP contribution >= 0.6 is 0 Å². The highest BCUT2D eigenvalue weighted by Gasteiger charge is 2.12. The summed E-state index contributed by atoms with van der Waals surface area (Å²) < 4.78 is 13.7. The number of aliphatic hydroxyl groups excluding tert-OH is 1. The van der Waals surface area contributed by atoms with E-state index >= 15 is 0 Å². The first-order valence-electron chi connectivity index (χ1n) is 6.24. The molecule has 0 bridgehead atoms. The average molecular weight is 284 g/mol. The molecule has 0 saturated carbocycles. The number of nitrogens with zero attached hydrogens (tertiary/aromatic N) is 1. The molecule has 0 unspecified atom stereocenters. The van der Waals surface area contributed by atoms with Gasteiger partial charge in [-0.25, -0.2) is 9.37 Å². The molecule has 4 nitrogen and oxygen atoms in total. The van der Waals surface area contributed by atoms with Gasteiger partial charge in [-0.1, -0.05) is 24.0 Å². The number of nitrogens with one attached hydrogen (secondary N) is 1. The molecule has 1 aromatic carbocycles. The van der Waals surface area contributed by atoms with Gasteiger partial charge in [0.2, 0.25) is 0 Å². The maximum Gasteiger partial charge on any atom is 0.274 e. The van der Waals surface area contributed by atoms with Gasteiger partial charge in [-0.15, -0.1) is 0 Å². The van der Waals surface area contributed by atoms with E-state index in [9.17, 15) is 9.18 Å². The first-order valence-corrected chi connectivity index (χ1v) is 6.24. The molecular weight excluding hydrogens is 271 g/mol. The van der Waals surface area contributed by atoms with Gasteiger partial charge >= 0.3 is 0 Å². The Morgan fingerprint density at radius 3 is 2.81 bits per heavy atom. The molecule has 1 heterocycles. The third-order valence-corrected chi connectivity index (χ3v) is 2.77. The van der Waals surface area contributed by atoms with Crippen molar-refractivity contribution in [1.29, 1.82) is 0 Å². The number of pyridine rings is 1. The summed E-state index contributed by atoms with van der Waals surface area (Å²) in [6, 6.07) is 7.67. The summed E-state index contributed by atoms with van der Waals surface area (Å²) in [5.41, 5.74) is 1.53. The predicted octanol–water partition coefficient (Wildman–Crippen LogP) is 2.13. The van der Waals surface area contributed by atoms with Crippen molar-refractivity contribution in [1.82, 2.24) is 4.98 Å². The van der Waals surface area contributed by atoms with E-state index in [1.165, 1.54) is 18.3 Å². The second-order valence-electron chi connectivity index (χ2n) is 4.28. The molecule has 0 spiro atoms. The van der Waals surface area contributed by atoms with Crippen LogP contribution in [0.25, 0.3) is 0 Å². The molecule has 21 heavy (non-hydrogen) atoms. The summed E-state index contributed by atoms with van der Waals surface area (Å²) in [5, 5.41) is 11.1. The number of hydrogen-bond acceptors (Lipinski definition) is 3. The Bertz CT molecular complexity index is 695. The number of rotatable bonds is 2. The molecule has 2 N–H and O–H groups in total. The topological polar surface area (TPSA) is 62.2 Å². The highest BCUT2D eigenvalue weighted by molar-refractivity contribution is 6.03. The van der Waals surface area contributed by atoms with Gasteiger partial charge in [0.25, 0.3) is 5.91 Å². The van der Waals surface area contributed by atoms with Crippen LogP contribution in [0.15, 0.2) is 36.5 Å². The smallest absolute Gasteiger partial charge is 0.274 e. The van der Waals surface area contributed by atoms with E-state index in [1.807, 2.05) is 0 Å². The van der Waals surface area contributed by atoms with Gasteiger partial charge in [0.05, 0.1) is 5.69 Å². The second kappa shape index (κ2) is 6.64. The van der Waals surface area contributed by atoms with Gasteiger partial charge in [-0.05, 0) is 30.7 Å². The molecule has 106 valence electrons. The quantitative estimate of drug-likeness (QED) is 0.830. The van der Waals surface area contributed by atoms with Gasteiger partial charge in [0.15, 0.2) is 0 Å². The molecule has 0 fully saturated rings. The summed E-state index contributed by atoms with van der Waals surface area (Å²) in [4.78, 5) is 16.0. The fourth-order valence-corrected chi connectivity index (χ4v) is 1.71. The van der Waals surface area contributed by atoms with Crippen LogP contribution in [0, 0.1) is 24.6 Å². The Morgan fingerprint density at radius 2 is 2.19 bits per heavy atom. The molecule has 2 rings (SSSR count). The maximum absolute atomic E-state index is 13.7. The minimum Gasteiger partial charge on any atom is -0.384 e. The molecule has 0 atom stereocenters. The molecule has 0 saturated heterocycles. The minimum absolute atomic E-state index is 0.147. The number of carbonyl (C=O) groups is 1. The lowest BCUT2D eigenvalue weighted by atomic mass is 10.2. The largest absolute Gasteiger partial charge is 0.384 e. The Balaban J connectivity index is 2.17. The van der Waals surface area contributed by atoms with Crippen LogP contribution in [0.3, 0.4) is 0 Å². The normalized spacial score (nSPS) is 9.67. The van der Waals surface area contributed by atoms with Crippen molar-refractivity contribution in [2.45, 2.75) is 6.92 Å². The standard InChI is InChI=1S/C16H13FN2O2/c1-11-4-2-6-13(17)15(11)19-16(21)14-8-7-12(10-18-14)5-3-9-20/h2,4,6-8,10,20H,9H2,1H3,(H,19,21). The molecule has 5 heteroatoms. The van der Waals surface area contributed by atoms with Gasteiger partial charge in [0, 0.05) is 11.8 Å². The summed E-state index contributed by atoms with van der Waals surface area (Å²) in [7, 11) is 0. The van der Waals surface area contributed by atoms with Crippen molar-refractivity contribution < 1.29 is 14.3 Å².